The summed E-state index contributed by atoms with van der Waals surface area (Å²) in [5.74, 6) is 0.0443. The molecule has 0 radical (unpaired) electrons. The van der Waals surface area contributed by atoms with Crippen LogP contribution in [0.5, 0.6) is 0 Å². The summed E-state index contributed by atoms with van der Waals surface area (Å²) in [6.07, 6.45) is 0. The van der Waals surface area contributed by atoms with E-state index in [0.29, 0.717) is 13.1 Å². The first kappa shape index (κ1) is 16.7. The molecule has 0 spiro atoms. The Bertz CT molecular complexity index is 625. The smallest absolute Gasteiger partial charge is 0.234 e. The Kier molecular flexibility index (Phi) is 6.16. The van der Waals surface area contributed by atoms with E-state index in [1.807, 2.05) is 42.3 Å². The minimum atomic E-state index is 0.0443. The number of hydrogen-bond donors (Lipinski definition) is 1. The van der Waals surface area contributed by atoms with Gasteiger partial charge in [-0.2, -0.15) is 0 Å². The fourth-order valence-corrected chi connectivity index (χ4v) is 2.53. The van der Waals surface area contributed by atoms with Crippen molar-refractivity contribution in [2.24, 2.45) is 0 Å². The topological polar surface area (TPSA) is 32.3 Å². The Hall–Kier alpha value is -1.65. The third kappa shape index (κ3) is 5.28. The number of hydrogen-bond acceptors (Lipinski definition) is 2. The number of carbonyl (C=O) groups is 1. The molecule has 0 aliphatic heterocycles. The molecule has 0 aliphatic carbocycles. The highest BCUT2D eigenvalue weighted by molar-refractivity contribution is 9.10. The van der Waals surface area contributed by atoms with Gasteiger partial charge in [0.1, 0.15) is 0 Å². The van der Waals surface area contributed by atoms with Gasteiger partial charge in [0.2, 0.25) is 5.91 Å². The third-order valence-corrected chi connectivity index (χ3v) is 4.05. The van der Waals surface area contributed by atoms with Gasteiger partial charge in [-0.1, -0.05) is 52.3 Å². The van der Waals surface area contributed by atoms with Crippen molar-refractivity contribution in [3.63, 3.8) is 0 Å². The lowest BCUT2D eigenvalue weighted by molar-refractivity contribution is -0.122. The molecule has 0 bridgehead atoms. The molecule has 1 N–H and O–H groups in total. The number of aryl methyl sites for hydroxylation is 1. The third-order valence-electron chi connectivity index (χ3n) is 3.52. The van der Waals surface area contributed by atoms with Crippen LogP contribution >= 0.6 is 15.9 Å². The summed E-state index contributed by atoms with van der Waals surface area (Å²) in [5.41, 5.74) is 3.55. The number of carbonyl (C=O) groups excluding carboxylic acids is 1. The zero-order valence-corrected chi connectivity index (χ0v) is 14.6. The highest BCUT2D eigenvalue weighted by Gasteiger charge is 2.07. The van der Waals surface area contributed by atoms with Crippen LogP contribution in [0.2, 0.25) is 0 Å². The van der Waals surface area contributed by atoms with Crippen LogP contribution < -0.4 is 5.32 Å². The molecule has 0 aliphatic rings. The summed E-state index contributed by atoms with van der Waals surface area (Å²) in [5, 5.41) is 2.98. The van der Waals surface area contributed by atoms with Crippen LogP contribution in [-0.4, -0.2) is 24.4 Å². The van der Waals surface area contributed by atoms with E-state index in [1.54, 1.807) is 0 Å². The normalized spacial score (nSPS) is 10.7. The lowest BCUT2D eigenvalue weighted by Crippen LogP contribution is -2.34. The molecule has 0 heterocycles. The van der Waals surface area contributed by atoms with Crippen LogP contribution in [0, 0.1) is 6.92 Å². The molecule has 0 unspecified atom stereocenters. The first-order chi connectivity index (χ1) is 10.5. The van der Waals surface area contributed by atoms with Gasteiger partial charge < -0.3 is 5.32 Å². The van der Waals surface area contributed by atoms with Crippen molar-refractivity contribution in [2.75, 3.05) is 13.6 Å². The monoisotopic (exact) mass is 360 g/mol. The number of amides is 1. The lowest BCUT2D eigenvalue weighted by atomic mass is 10.1. The Morgan fingerprint density at radius 1 is 1.14 bits per heavy atom. The summed E-state index contributed by atoms with van der Waals surface area (Å²) in [7, 11) is 1.95. The maximum absolute atomic E-state index is 12.0. The molecule has 3 nitrogen and oxygen atoms in total. The van der Waals surface area contributed by atoms with Gasteiger partial charge in [0.25, 0.3) is 0 Å². The van der Waals surface area contributed by atoms with Gasteiger partial charge >= 0.3 is 0 Å². The summed E-state index contributed by atoms with van der Waals surface area (Å²) in [6.45, 7) is 3.78. The maximum atomic E-state index is 12.0. The van der Waals surface area contributed by atoms with Crippen LogP contribution in [-0.2, 0) is 17.9 Å². The number of nitrogens with zero attached hydrogens (tertiary/aromatic N) is 1. The molecule has 0 aromatic heterocycles. The average molecular weight is 361 g/mol. The predicted molar refractivity (Wildman–Crippen MR) is 93.5 cm³/mol. The summed E-state index contributed by atoms with van der Waals surface area (Å²) in [4.78, 5) is 14.0. The Morgan fingerprint density at radius 2 is 1.82 bits per heavy atom. The van der Waals surface area contributed by atoms with Crippen molar-refractivity contribution in [3.05, 3.63) is 69.7 Å². The number of rotatable bonds is 6. The van der Waals surface area contributed by atoms with Gasteiger partial charge in [-0.05, 0) is 42.8 Å². The minimum Gasteiger partial charge on any atom is -0.351 e. The van der Waals surface area contributed by atoms with Crippen molar-refractivity contribution in [2.45, 2.75) is 20.0 Å². The van der Waals surface area contributed by atoms with Gasteiger partial charge in [-0.3, -0.25) is 9.69 Å². The second-order valence-corrected chi connectivity index (χ2v) is 6.42. The fourth-order valence-electron chi connectivity index (χ4n) is 2.26. The summed E-state index contributed by atoms with van der Waals surface area (Å²) < 4.78 is 1.06. The zero-order chi connectivity index (χ0) is 15.9. The van der Waals surface area contributed by atoms with E-state index in [4.69, 9.17) is 0 Å². The van der Waals surface area contributed by atoms with Gasteiger partial charge in [0.15, 0.2) is 0 Å². The number of likely N-dealkylation sites (N-methyl/N-ethyl adjacent to an activating group) is 1. The van der Waals surface area contributed by atoms with Crippen molar-refractivity contribution in [1.29, 1.82) is 0 Å². The SMILES string of the molecule is Cc1ccccc1CNC(=O)CN(C)Cc1ccc(Br)cc1. The van der Waals surface area contributed by atoms with Crippen LogP contribution in [0.15, 0.2) is 53.0 Å². The van der Waals surface area contributed by atoms with E-state index in [0.717, 1.165) is 16.6 Å². The van der Waals surface area contributed by atoms with E-state index < -0.39 is 0 Å². The molecule has 0 fully saturated rings. The van der Waals surface area contributed by atoms with E-state index in [2.05, 4.69) is 46.4 Å². The minimum absolute atomic E-state index is 0.0443. The molecule has 22 heavy (non-hydrogen) atoms. The number of nitrogens with one attached hydrogen (secondary N) is 1. The van der Waals surface area contributed by atoms with Crippen molar-refractivity contribution >= 4 is 21.8 Å². The molecular weight excluding hydrogens is 340 g/mol. The molecular formula is C18H21BrN2O. The Labute approximate surface area is 140 Å². The molecule has 2 aromatic carbocycles. The molecule has 2 aromatic rings. The fraction of sp³-hybridized carbons (Fsp3) is 0.278. The van der Waals surface area contributed by atoms with Crippen LogP contribution in [0.4, 0.5) is 0 Å². The van der Waals surface area contributed by atoms with E-state index >= 15 is 0 Å². The van der Waals surface area contributed by atoms with Gasteiger partial charge in [-0.25, -0.2) is 0 Å². The molecule has 1 amide bonds. The molecule has 116 valence electrons. The summed E-state index contributed by atoms with van der Waals surface area (Å²) in [6, 6.07) is 16.3. The molecule has 0 atom stereocenters. The van der Waals surface area contributed by atoms with Gasteiger partial charge in [0.05, 0.1) is 6.54 Å². The first-order valence-electron chi connectivity index (χ1n) is 7.29. The van der Waals surface area contributed by atoms with Crippen molar-refractivity contribution in [1.82, 2.24) is 10.2 Å². The quantitative estimate of drug-likeness (QED) is 0.854. The van der Waals surface area contributed by atoms with Crippen LogP contribution in [0.25, 0.3) is 0 Å². The molecule has 2 rings (SSSR count). The summed E-state index contributed by atoms with van der Waals surface area (Å²) >= 11 is 3.42. The number of benzene rings is 2. The van der Waals surface area contributed by atoms with Crippen LogP contribution in [0.3, 0.4) is 0 Å². The first-order valence-corrected chi connectivity index (χ1v) is 8.08. The zero-order valence-electron chi connectivity index (χ0n) is 13.0. The average Bonchev–Trinajstić information content (AvgIpc) is 2.49. The second-order valence-electron chi connectivity index (χ2n) is 5.50. The molecule has 4 heteroatoms. The second kappa shape index (κ2) is 8.11. The van der Waals surface area contributed by atoms with Gasteiger partial charge in [0, 0.05) is 17.6 Å². The number of halogens is 1. The van der Waals surface area contributed by atoms with E-state index in [9.17, 15) is 4.79 Å². The highest BCUT2D eigenvalue weighted by atomic mass is 79.9. The van der Waals surface area contributed by atoms with E-state index in [-0.39, 0.29) is 5.91 Å². The van der Waals surface area contributed by atoms with E-state index in [1.165, 1.54) is 11.1 Å². The van der Waals surface area contributed by atoms with Crippen LogP contribution in [0.1, 0.15) is 16.7 Å². The predicted octanol–water partition coefficient (Wildman–Crippen LogP) is 3.51. The highest BCUT2D eigenvalue weighted by Crippen LogP contribution is 2.11. The Balaban J connectivity index is 1.79. The van der Waals surface area contributed by atoms with Crippen molar-refractivity contribution < 1.29 is 4.79 Å². The van der Waals surface area contributed by atoms with Crippen molar-refractivity contribution in [3.8, 4) is 0 Å². The van der Waals surface area contributed by atoms with Gasteiger partial charge in [-0.15, -0.1) is 0 Å². The maximum Gasteiger partial charge on any atom is 0.234 e. The lowest BCUT2D eigenvalue weighted by Gasteiger charge is -2.16. The Morgan fingerprint density at radius 3 is 2.50 bits per heavy atom. The standard InChI is InChI=1S/C18H21BrN2O/c1-14-5-3-4-6-16(14)11-20-18(22)13-21(2)12-15-7-9-17(19)10-8-15/h3-10H,11-13H2,1-2H3,(H,20,22). The largest absolute Gasteiger partial charge is 0.351 e. The molecule has 0 saturated heterocycles. The molecule has 0 saturated carbocycles.